The Bertz CT molecular complexity index is 490. The minimum atomic E-state index is 0.494. The van der Waals surface area contributed by atoms with E-state index in [9.17, 15) is 0 Å². The molecule has 15 heavy (non-hydrogen) atoms. The molecule has 0 spiro atoms. The van der Waals surface area contributed by atoms with Crippen molar-refractivity contribution in [2.45, 2.75) is 25.7 Å². The Balaban J connectivity index is 2.24. The van der Waals surface area contributed by atoms with Gasteiger partial charge < -0.3 is 0 Å². The highest BCUT2D eigenvalue weighted by molar-refractivity contribution is 6.30. The summed E-state index contributed by atoms with van der Waals surface area (Å²) in [5, 5.41) is 0.850. The number of fused-ring (bicyclic) bond motifs is 5. The molecule has 1 aromatic carbocycles. The van der Waals surface area contributed by atoms with Crippen molar-refractivity contribution >= 4 is 11.6 Å². The molecule has 0 amide bonds. The maximum atomic E-state index is 6.05. The Hall–Kier alpha value is -1.01. The molecule has 3 rings (SSSR count). The summed E-state index contributed by atoms with van der Waals surface area (Å²) in [5.74, 6) is 1.01. The van der Waals surface area contributed by atoms with Crippen molar-refractivity contribution in [3.8, 4) is 0 Å². The summed E-state index contributed by atoms with van der Waals surface area (Å²) in [6.07, 6.45) is 4.63. The van der Waals surface area contributed by atoms with Crippen LogP contribution < -0.4 is 0 Å². The standard InChI is InChI=1S/C14H13Cl/c1-8(2)14-11-5-6-12(14)13-7-9(15)3-4-10(11)13/h3-7,11-12H,1-2H3. The lowest BCUT2D eigenvalue weighted by molar-refractivity contribution is 0.992. The summed E-state index contributed by atoms with van der Waals surface area (Å²) in [5.41, 5.74) is 5.86. The van der Waals surface area contributed by atoms with Crippen LogP contribution in [0.2, 0.25) is 5.02 Å². The second-order valence-corrected chi connectivity index (χ2v) is 5.01. The summed E-state index contributed by atoms with van der Waals surface area (Å²) in [6, 6.07) is 6.29. The van der Waals surface area contributed by atoms with Crippen LogP contribution in [0, 0.1) is 0 Å². The number of allylic oxidation sites excluding steroid dienone is 4. The zero-order chi connectivity index (χ0) is 10.6. The predicted octanol–water partition coefficient (Wildman–Crippen LogP) is 4.43. The molecule has 0 saturated carbocycles. The summed E-state index contributed by atoms with van der Waals surface area (Å²) in [6.45, 7) is 4.41. The van der Waals surface area contributed by atoms with E-state index in [1.54, 1.807) is 5.57 Å². The highest BCUT2D eigenvalue weighted by atomic mass is 35.5. The highest BCUT2D eigenvalue weighted by Gasteiger charge is 2.37. The van der Waals surface area contributed by atoms with E-state index in [-0.39, 0.29) is 0 Å². The second kappa shape index (κ2) is 2.99. The molecular formula is C14H13Cl. The Labute approximate surface area is 95.3 Å². The van der Waals surface area contributed by atoms with Gasteiger partial charge in [0, 0.05) is 16.9 Å². The van der Waals surface area contributed by atoms with Crippen LogP contribution in [0.4, 0.5) is 0 Å². The van der Waals surface area contributed by atoms with Gasteiger partial charge in [-0.15, -0.1) is 0 Å². The first-order valence-electron chi connectivity index (χ1n) is 5.33. The molecule has 0 aliphatic heterocycles. The zero-order valence-corrected chi connectivity index (χ0v) is 9.68. The highest BCUT2D eigenvalue weighted by Crippen LogP contribution is 2.53. The van der Waals surface area contributed by atoms with E-state index in [2.05, 4.69) is 38.1 Å². The average molecular weight is 217 g/mol. The lowest BCUT2D eigenvalue weighted by atomic mass is 9.97. The summed E-state index contributed by atoms with van der Waals surface area (Å²) in [4.78, 5) is 0. The number of halogens is 1. The molecule has 0 fully saturated rings. The molecule has 2 aliphatic carbocycles. The second-order valence-electron chi connectivity index (χ2n) is 4.57. The van der Waals surface area contributed by atoms with Gasteiger partial charge in [0.1, 0.15) is 0 Å². The first-order valence-corrected chi connectivity index (χ1v) is 5.71. The molecule has 0 radical (unpaired) electrons. The van der Waals surface area contributed by atoms with Gasteiger partial charge in [0.05, 0.1) is 0 Å². The van der Waals surface area contributed by atoms with E-state index in [0.717, 1.165) is 5.02 Å². The van der Waals surface area contributed by atoms with Crippen molar-refractivity contribution in [1.82, 2.24) is 0 Å². The molecule has 1 heteroatoms. The van der Waals surface area contributed by atoms with E-state index >= 15 is 0 Å². The molecule has 0 heterocycles. The fraction of sp³-hybridized carbons (Fsp3) is 0.286. The maximum Gasteiger partial charge on any atom is 0.0409 e. The van der Waals surface area contributed by atoms with E-state index in [1.807, 2.05) is 6.07 Å². The van der Waals surface area contributed by atoms with Crippen molar-refractivity contribution in [2.24, 2.45) is 0 Å². The number of benzene rings is 1. The minimum absolute atomic E-state index is 0.494. The molecule has 2 unspecified atom stereocenters. The third kappa shape index (κ3) is 1.15. The third-order valence-corrected chi connectivity index (χ3v) is 3.70. The van der Waals surface area contributed by atoms with Gasteiger partial charge in [-0.1, -0.05) is 35.4 Å². The van der Waals surface area contributed by atoms with Crippen LogP contribution in [0.15, 0.2) is 41.5 Å². The van der Waals surface area contributed by atoms with E-state index in [4.69, 9.17) is 11.6 Å². The summed E-state index contributed by atoms with van der Waals surface area (Å²) < 4.78 is 0. The first-order chi connectivity index (χ1) is 7.18. The van der Waals surface area contributed by atoms with Gasteiger partial charge in [-0.25, -0.2) is 0 Å². The minimum Gasteiger partial charge on any atom is -0.0843 e. The van der Waals surface area contributed by atoms with Crippen LogP contribution in [-0.2, 0) is 0 Å². The van der Waals surface area contributed by atoms with E-state index < -0.39 is 0 Å². The number of hydrogen-bond acceptors (Lipinski definition) is 0. The molecular weight excluding hydrogens is 204 g/mol. The molecule has 2 atom stereocenters. The van der Waals surface area contributed by atoms with Crippen molar-refractivity contribution in [3.63, 3.8) is 0 Å². The SMILES string of the molecule is CC(C)=C1C2C=CC1c1cc(Cl)ccc12. The lowest BCUT2D eigenvalue weighted by Gasteiger charge is -2.08. The van der Waals surface area contributed by atoms with Crippen molar-refractivity contribution < 1.29 is 0 Å². The van der Waals surface area contributed by atoms with Crippen LogP contribution in [-0.4, -0.2) is 0 Å². The van der Waals surface area contributed by atoms with Crippen LogP contribution in [0.1, 0.15) is 36.8 Å². The monoisotopic (exact) mass is 216 g/mol. The summed E-state index contributed by atoms with van der Waals surface area (Å²) >= 11 is 6.05. The van der Waals surface area contributed by atoms with Gasteiger partial charge in [-0.05, 0) is 42.7 Å². The van der Waals surface area contributed by atoms with Crippen molar-refractivity contribution in [2.75, 3.05) is 0 Å². The van der Waals surface area contributed by atoms with Crippen LogP contribution in [0.3, 0.4) is 0 Å². The molecule has 76 valence electrons. The van der Waals surface area contributed by atoms with Gasteiger partial charge in [0.25, 0.3) is 0 Å². The van der Waals surface area contributed by atoms with Gasteiger partial charge in [-0.3, -0.25) is 0 Å². The van der Waals surface area contributed by atoms with Gasteiger partial charge in [0.15, 0.2) is 0 Å². The Morgan fingerprint density at radius 2 is 1.73 bits per heavy atom. The fourth-order valence-electron chi connectivity index (χ4n) is 2.89. The average Bonchev–Trinajstić information content (AvgIpc) is 2.72. The smallest absolute Gasteiger partial charge is 0.0409 e. The van der Waals surface area contributed by atoms with Crippen molar-refractivity contribution in [1.29, 1.82) is 0 Å². The first kappa shape index (κ1) is 9.23. The van der Waals surface area contributed by atoms with E-state index in [0.29, 0.717) is 11.8 Å². The van der Waals surface area contributed by atoms with E-state index in [1.165, 1.54) is 16.7 Å². The maximum absolute atomic E-state index is 6.05. The fourth-order valence-corrected chi connectivity index (χ4v) is 3.07. The van der Waals surface area contributed by atoms with Crippen LogP contribution in [0.5, 0.6) is 0 Å². The lowest BCUT2D eigenvalue weighted by Crippen LogP contribution is -1.91. The van der Waals surface area contributed by atoms with Gasteiger partial charge in [-0.2, -0.15) is 0 Å². The molecule has 0 aromatic heterocycles. The molecule has 2 aliphatic rings. The topological polar surface area (TPSA) is 0 Å². The molecule has 2 bridgehead atoms. The predicted molar refractivity (Wildman–Crippen MR) is 64.4 cm³/mol. The third-order valence-electron chi connectivity index (χ3n) is 3.46. The Kier molecular flexibility index (Phi) is 1.84. The molecule has 0 saturated heterocycles. The number of hydrogen-bond donors (Lipinski definition) is 0. The number of rotatable bonds is 0. The van der Waals surface area contributed by atoms with Crippen LogP contribution >= 0.6 is 11.6 Å². The largest absolute Gasteiger partial charge is 0.0843 e. The summed E-state index contributed by atoms with van der Waals surface area (Å²) in [7, 11) is 0. The molecule has 0 nitrogen and oxygen atoms in total. The van der Waals surface area contributed by atoms with Gasteiger partial charge in [0.2, 0.25) is 0 Å². The Morgan fingerprint density at radius 3 is 2.40 bits per heavy atom. The van der Waals surface area contributed by atoms with Crippen molar-refractivity contribution in [3.05, 3.63) is 57.6 Å². The molecule has 0 N–H and O–H groups in total. The van der Waals surface area contributed by atoms with Crippen LogP contribution in [0.25, 0.3) is 0 Å². The van der Waals surface area contributed by atoms with Gasteiger partial charge >= 0.3 is 0 Å². The normalized spacial score (nSPS) is 25.9. The quantitative estimate of drug-likeness (QED) is 0.563. The zero-order valence-electron chi connectivity index (χ0n) is 8.92. The molecule has 1 aromatic rings. The Morgan fingerprint density at radius 1 is 1.07 bits per heavy atom.